The summed E-state index contributed by atoms with van der Waals surface area (Å²) in [6.07, 6.45) is 0. The van der Waals surface area contributed by atoms with E-state index in [9.17, 15) is 4.55 Å². The highest BCUT2D eigenvalue weighted by Crippen LogP contribution is 2.32. The van der Waals surface area contributed by atoms with Crippen molar-refractivity contribution in [3.05, 3.63) is 28.8 Å². The molecule has 0 aliphatic rings. The van der Waals surface area contributed by atoms with E-state index in [-0.39, 0.29) is 0 Å². The van der Waals surface area contributed by atoms with Crippen LogP contribution < -0.4 is 9.47 Å². The van der Waals surface area contributed by atoms with Gasteiger partial charge in [0.05, 0.1) is 30.3 Å². The predicted molar refractivity (Wildman–Crippen MR) is 100.0 cm³/mol. The third-order valence-corrected chi connectivity index (χ3v) is 5.16. The zero-order valence-corrected chi connectivity index (χ0v) is 16.2. The monoisotopic (exact) mass is 368 g/mol. The Morgan fingerprint density at radius 1 is 1.21 bits per heavy atom. The second-order valence-corrected chi connectivity index (χ2v) is 8.58. The predicted octanol–water partition coefficient (Wildman–Crippen LogP) is 4.18. The van der Waals surface area contributed by atoms with Crippen LogP contribution in [0, 0.1) is 0 Å². The largest absolute Gasteiger partial charge is 0.591 e. The third-order valence-electron chi connectivity index (χ3n) is 3.38. The van der Waals surface area contributed by atoms with Crippen molar-refractivity contribution in [2.45, 2.75) is 32.4 Å². The average Bonchev–Trinajstić information content (AvgIpc) is 2.51. The number of halogens is 1. The fourth-order valence-corrected chi connectivity index (χ4v) is 2.91. The van der Waals surface area contributed by atoms with Gasteiger partial charge in [-0.2, -0.15) is 0 Å². The number of methoxy groups -OCH3 is 2. The van der Waals surface area contributed by atoms with E-state index in [1.165, 1.54) is 0 Å². The molecular formula is C17H21ClN2O3S. The summed E-state index contributed by atoms with van der Waals surface area (Å²) in [6.45, 7) is 7.42. The van der Waals surface area contributed by atoms with Gasteiger partial charge in [-0.1, -0.05) is 16.0 Å². The number of rotatable bonds is 4. The van der Waals surface area contributed by atoms with Gasteiger partial charge in [0.15, 0.2) is 0 Å². The minimum Gasteiger partial charge on any atom is -0.591 e. The maximum atomic E-state index is 12.3. The highest BCUT2D eigenvalue weighted by atomic mass is 35.5. The summed E-state index contributed by atoms with van der Waals surface area (Å²) in [5, 5.41) is 1.32. The zero-order valence-electron chi connectivity index (χ0n) is 14.6. The lowest BCUT2D eigenvalue weighted by Gasteiger charge is -2.19. The van der Waals surface area contributed by atoms with Crippen molar-refractivity contribution in [3.63, 3.8) is 0 Å². The molecule has 0 spiro atoms. The molecule has 24 heavy (non-hydrogen) atoms. The summed E-state index contributed by atoms with van der Waals surface area (Å²) in [4.78, 5) is 4.49. The van der Waals surface area contributed by atoms with Crippen molar-refractivity contribution < 1.29 is 14.0 Å². The molecule has 1 aromatic carbocycles. The molecule has 0 aliphatic heterocycles. The van der Waals surface area contributed by atoms with E-state index in [0.29, 0.717) is 33.4 Å². The molecule has 0 radical (unpaired) electrons. The molecule has 0 N–H and O–H groups in total. The van der Waals surface area contributed by atoms with Crippen LogP contribution in [0.4, 0.5) is 0 Å². The molecule has 1 aromatic heterocycles. The number of pyridine rings is 1. The van der Waals surface area contributed by atoms with Crippen LogP contribution in [0.15, 0.2) is 22.6 Å². The number of aromatic nitrogens is 1. The molecule has 2 aromatic rings. The lowest BCUT2D eigenvalue weighted by molar-refractivity contribution is 0.398. The average molecular weight is 369 g/mol. The normalized spacial score (nSPS) is 13.9. The fraction of sp³-hybridized carbons (Fsp3) is 0.412. The third kappa shape index (κ3) is 3.94. The van der Waals surface area contributed by atoms with Crippen molar-refractivity contribution in [2.24, 2.45) is 4.40 Å². The van der Waals surface area contributed by atoms with Crippen LogP contribution in [0.1, 0.15) is 33.3 Å². The molecule has 0 amide bonds. The van der Waals surface area contributed by atoms with Crippen LogP contribution in [-0.4, -0.2) is 34.2 Å². The van der Waals surface area contributed by atoms with Crippen LogP contribution in [0.25, 0.3) is 10.9 Å². The number of nitrogens with zero attached hydrogens (tertiary/aromatic N) is 2. The van der Waals surface area contributed by atoms with Crippen molar-refractivity contribution in [3.8, 4) is 11.6 Å². The van der Waals surface area contributed by atoms with Gasteiger partial charge < -0.3 is 14.0 Å². The van der Waals surface area contributed by atoms with Gasteiger partial charge in [-0.05, 0) is 39.8 Å². The first-order valence-electron chi connectivity index (χ1n) is 7.37. The number of hydrogen-bond donors (Lipinski definition) is 0. The number of fused-ring (bicyclic) bond motifs is 1. The molecule has 2 rings (SSSR count). The van der Waals surface area contributed by atoms with Crippen molar-refractivity contribution in [1.82, 2.24) is 4.98 Å². The Balaban J connectivity index is 2.59. The van der Waals surface area contributed by atoms with Gasteiger partial charge in [0, 0.05) is 11.5 Å². The van der Waals surface area contributed by atoms with Crippen LogP contribution in [-0.2, 0) is 11.4 Å². The fourth-order valence-electron chi connectivity index (χ4n) is 2.04. The van der Waals surface area contributed by atoms with Crippen LogP contribution >= 0.6 is 11.6 Å². The van der Waals surface area contributed by atoms with E-state index in [1.54, 1.807) is 33.3 Å². The minimum atomic E-state index is -1.36. The maximum absolute atomic E-state index is 12.3. The highest BCUT2D eigenvalue weighted by molar-refractivity contribution is 7.91. The lowest BCUT2D eigenvalue weighted by atomic mass is 10.1. The van der Waals surface area contributed by atoms with E-state index in [2.05, 4.69) is 9.38 Å². The Kier molecular flexibility index (Phi) is 5.63. The molecule has 1 heterocycles. The summed E-state index contributed by atoms with van der Waals surface area (Å²) in [6, 6.07) is 5.41. The number of benzene rings is 1. The summed E-state index contributed by atoms with van der Waals surface area (Å²) in [5.74, 6) is 0.963. The molecule has 7 heteroatoms. The molecule has 1 atom stereocenters. The molecule has 0 saturated heterocycles. The van der Waals surface area contributed by atoms with Crippen LogP contribution in [0.5, 0.6) is 11.6 Å². The standard InChI is InChI=1S/C17H21ClN2O3S/c1-10(20-24(21)17(2,3)4)12-7-11-8-13(18)15(22-5)9-14(11)19-16(12)23-6/h7-9H,1-6H3/b20-10-. The first-order chi connectivity index (χ1) is 11.2. The molecule has 0 aliphatic carbocycles. The summed E-state index contributed by atoms with van der Waals surface area (Å²) < 4.78 is 26.7. The second kappa shape index (κ2) is 7.17. The topological polar surface area (TPSA) is 66.8 Å². The summed E-state index contributed by atoms with van der Waals surface area (Å²) in [5.41, 5.74) is 1.98. The zero-order chi connectivity index (χ0) is 18.1. The first-order valence-corrected chi connectivity index (χ1v) is 8.85. The molecule has 1 unspecified atom stereocenters. The van der Waals surface area contributed by atoms with Gasteiger partial charge in [-0.25, -0.2) is 4.98 Å². The van der Waals surface area contributed by atoms with E-state index < -0.39 is 16.1 Å². The molecule has 0 saturated carbocycles. The van der Waals surface area contributed by atoms with Gasteiger partial charge in [0.1, 0.15) is 27.6 Å². The summed E-state index contributed by atoms with van der Waals surface area (Å²) >= 11 is 4.83. The molecular weight excluding hydrogens is 348 g/mol. The second-order valence-electron chi connectivity index (χ2n) is 6.26. The number of hydrogen-bond acceptors (Lipinski definition) is 5. The van der Waals surface area contributed by atoms with E-state index in [0.717, 1.165) is 5.39 Å². The molecule has 130 valence electrons. The Morgan fingerprint density at radius 3 is 2.42 bits per heavy atom. The lowest BCUT2D eigenvalue weighted by Crippen LogP contribution is -2.26. The quantitative estimate of drug-likeness (QED) is 0.599. The Bertz CT molecular complexity index is 787. The van der Waals surface area contributed by atoms with E-state index >= 15 is 0 Å². The Labute approximate surface area is 150 Å². The molecule has 5 nitrogen and oxygen atoms in total. The maximum Gasteiger partial charge on any atom is 0.223 e. The van der Waals surface area contributed by atoms with Gasteiger partial charge in [0.25, 0.3) is 0 Å². The van der Waals surface area contributed by atoms with Gasteiger partial charge in [0.2, 0.25) is 5.88 Å². The molecule has 0 fully saturated rings. The Morgan fingerprint density at radius 2 is 1.88 bits per heavy atom. The number of ether oxygens (including phenoxy) is 2. The van der Waals surface area contributed by atoms with E-state index in [1.807, 2.05) is 26.8 Å². The van der Waals surface area contributed by atoms with Gasteiger partial charge in [-0.3, -0.25) is 0 Å². The first kappa shape index (κ1) is 18.8. The van der Waals surface area contributed by atoms with Gasteiger partial charge >= 0.3 is 0 Å². The van der Waals surface area contributed by atoms with Crippen LogP contribution in [0.3, 0.4) is 0 Å². The van der Waals surface area contributed by atoms with Crippen molar-refractivity contribution in [1.29, 1.82) is 0 Å². The van der Waals surface area contributed by atoms with Crippen molar-refractivity contribution in [2.75, 3.05) is 14.2 Å². The molecule has 0 bridgehead atoms. The smallest absolute Gasteiger partial charge is 0.223 e. The van der Waals surface area contributed by atoms with Crippen molar-refractivity contribution >= 4 is 39.6 Å². The summed E-state index contributed by atoms with van der Waals surface area (Å²) in [7, 11) is 3.09. The van der Waals surface area contributed by atoms with E-state index in [4.69, 9.17) is 21.1 Å². The SMILES string of the molecule is COc1cc2nc(OC)c(/C(C)=N\[S+]([O-])C(C)(C)C)cc2cc1Cl. The Hall–Kier alpha value is -1.50. The van der Waals surface area contributed by atoms with Crippen LogP contribution in [0.2, 0.25) is 5.02 Å². The minimum absolute atomic E-state index is 0.416. The highest BCUT2D eigenvalue weighted by Gasteiger charge is 2.27. The van der Waals surface area contributed by atoms with Gasteiger partial charge in [-0.15, -0.1) is 0 Å².